The van der Waals surface area contributed by atoms with Crippen LogP contribution in [0.3, 0.4) is 0 Å². The quantitative estimate of drug-likeness (QED) is 0.336. The molecule has 0 bridgehead atoms. The Hall–Kier alpha value is -4.86. The smallest absolute Gasteiger partial charge is 0.269 e. The number of hydrogen-bond donors (Lipinski definition) is 1. The maximum absolute atomic E-state index is 13.9. The monoisotopic (exact) mass is 495 g/mol. The number of hydrogen-bond acceptors (Lipinski definition) is 7. The lowest BCUT2D eigenvalue weighted by Gasteiger charge is -2.33. The predicted molar refractivity (Wildman–Crippen MR) is 135 cm³/mol. The van der Waals surface area contributed by atoms with Crippen LogP contribution < -0.4 is 10.2 Å². The molecular formula is C27H21N5O5. The molecule has 3 aromatic carbocycles. The molecule has 1 N–H and O–H groups in total. The summed E-state index contributed by atoms with van der Waals surface area (Å²) in [6, 6.07) is 18.7. The lowest BCUT2D eigenvalue weighted by molar-refractivity contribution is -0.384. The summed E-state index contributed by atoms with van der Waals surface area (Å²) in [4.78, 5) is 53.2. The van der Waals surface area contributed by atoms with Crippen molar-refractivity contribution in [1.82, 2.24) is 5.01 Å². The Morgan fingerprint density at radius 3 is 2.41 bits per heavy atom. The number of carbonyl (C=O) groups is 3. The van der Waals surface area contributed by atoms with Crippen LogP contribution in [0.15, 0.2) is 77.9 Å². The highest BCUT2D eigenvalue weighted by Crippen LogP contribution is 2.53. The van der Waals surface area contributed by atoms with Gasteiger partial charge < -0.3 is 5.32 Å². The molecule has 0 saturated carbocycles. The number of imide groups is 1. The number of benzene rings is 3. The van der Waals surface area contributed by atoms with Gasteiger partial charge in [0.2, 0.25) is 17.7 Å². The summed E-state index contributed by atoms with van der Waals surface area (Å²) in [7, 11) is 0. The number of nitro groups is 1. The van der Waals surface area contributed by atoms with Crippen molar-refractivity contribution in [3.05, 3.63) is 99.6 Å². The molecule has 3 heterocycles. The van der Waals surface area contributed by atoms with Gasteiger partial charge in [0.25, 0.3) is 5.69 Å². The van der Waals surface area contributed by atoms with Crippen molar-refractivity contribution in [2.75, 3.05) is 10.2 Å². The largest absolute Gasteiger partial charge is 0.324 e. The molecule has 4 atom stereocenters. The summed E-state index contributed by atoms with van der Waals surface area (Å²) < 4.78 is 0. The highest BCUT2D eigenvalue weighted by molar-refractivity contribution is 6.24. The second kappa shape index (κ2) is 8.37. The molecule has 10 nitrogen and oxygen atoms in total. The molecule has 3 aliphatic heterocycles. The molecule has 2 saturated heterocycles. The Labute approximate surface area is 211 Å². The number of anilines is 2. The fraction of sp³-hybridized carbons (Fsp3) is 0.185. The van der Waals surface area contributed by atoms with Gasteiger partial charge in [-0.05, 0) is 41.8 Å². The summed E-state index contributed by atoms with van der Waals surface area (Å²) in [6.07, 6.45) is 1.64. The Morgan fingerprint density at radius 2 is 1.68 bits per heavy atom. The molecule has 0 unspecified atom stereocenters. The number of nitro benzene ring substituents is 1. The highest BCUT2D eigenvalue weighted by atomic mass is 16.6. The standard InChI is InChI=1S/C27H21N5O5/c1-15-13-18(32(36)37)11-12-20(15)30-26(34)21-22(27(30)35)24(25(33)29-17-8-3-2-4-9-17)31-23(21)19-10-6-5-7-16(19)14-28-31/h2-14,21-24H,1H3,(H,29,33)/t21-,22-,23+,24+/m1/s1. The Morgan fingerprint density at radius 1 is 0.973 bits per heavy atom. The average Bonchev–Trinajstić information content (AvgIpc) is 3.37. The minimum Gasteiger partial charge on any atom is -0.324 e. The van der Waals surface area contributed by atoms with Gasteiger partial charge >= 0.3 is 0 Å². The van der Waals surface area contributed by atoms with Gasteiger partial charge in [-0.2, -0.15) is 5.10 Å². The third-order valence-electron chi connectivity index (χ3n) is 7.24. The van der Waals surface area contributed by atoms with E-state index in [-0.39, 0.29) is 11.4 Å². The van der Waals surface area contributed by atoms with E-state index in [1.807, 2.05) is 30.3 Å². The van der Waals surface area contributed by atoms with E-state index in [9.17, 15) is 24.5 Å². The van der Waals surface area contributed by atoms with Crippen molar-refractivity contribution < 1.29 is 19.3 Å². The van der Waals surface area contributed by atoms with E-state index in [4.69, 9.17) is 0 Å². The fourth-order valence-electron chi connectivity index (χ4n) is 5.65. The average molecular weight is 495 g/mol. The summed E-state index contributed by atoms with van der Waals surface area (Å²) in [6.45, 7) is 1.61. The molecule has 184 valence electrons. The number of hydrazone groups is 1. The van der Waals surface area contributed by atoms with Crippen LogP contribution in [-0.4, -0.2) is 39.9 Å². The first-order chi connectivity index (χ1) is 17.9. The Kier molecular flexibility index (Phi) is 5.11. The van der Waals surface area contributed by atoms with E-state index in [1.165, 1.54) is 18.2 Å². The van der Waals surface area contributed by atoms with Crippen molar-refractivity contribution in [3.63, 3.8) is 0 Å². The summed E-state index contributed by atoms with van der Waals surface area (Å²) >= 11 is 0. The number of carbonyl (C=O) groups excluding carboxylic acids is 3. The Balaban J connectivity index is 1.45. The van der Waals surface area contributed by atoms with Gasteiger partial charge in [0.05, 0.1) is 34.7 Å². The zero-order valence-electron chi connectivity index (χ0n) is 19.6. The molecule has 0 aliphatic carbocycles. The third-order valence-corrected chi connectivity index (χ3v) is 7.24. The summed E-state index contributed by atoms with van der Waals surface area (Å²) in [5.74, 6) is -3.26. The van der Waals surface area contributed by atoms with Crippen LogP contribution in [0.1, 0.15) is 22.7 Å². The molecule has 6 rings (SSSR count). The van der Waals surface area contributed by atoms with E-state index < -0.39 is 46.6 Å². The number of rotatable bonds is 4. The van der Waals surface area contributed by atoms with Gasteiger partial charge in [0.1, 0.15) is 6.04 Å². The van der Waals surface area contributed by atoms with Gasteiger partial charge in [-0.15, -0.1) is 0 Å². The van der Waals surface area contributed by atoms with Crippen molar-refractivity contribution in [2.45, 2.75) is 19.0 Å². The highest BCUT2D eigenvalue weighted by Gasteiger charge is 2.65. The van der Waals surface area contributed by atoms with E-state index in [2.05, 4.69) is 10.4 Å². The number of para-hydroxylation sites is 1. The number of nitrogens with one attached hydrogen (secondary N) is 1. The van der Waals surface area contributed by atoms with Crippen molar-refractivity contribution in [2.24, 2.45) is 16.9 Å². The molecule has 3 aliphatic rings. The SMILES string of the molecule is Cc1cc([N+](=O)[O-])ccc1N1C(=O)[C@@H]2[C@@H](C1=O)[C@@H]1c3ccccc3C=NN1[C@@H]2C(=O)Nc1ccccc1. The third kappa shape index (κ3) is 3.40. The maximum atomic E-state index is 13.9. The van der Waals surface area contributed by atoms with Crippen LogP contribution in [0.25, 0.3) is 0 Å². The summed E-state index contributed by atoms with van der Waals surface area (Å²) in [5.41, 5.74) is 2.75. The van der Waals surface area contributed by atoms with Crippen LogP contribution >= 0.6 is 0 Å². The fourth-order valence-corrected chi connectivity index (χ4v) is 5.65. The van der Waals surface area contributed by atoms with Crippen LogP contribution in [0.5, 0.6) is 0 Å². The molecule has 3 aromatic rings. The lowest BCUT2D eigenvalue weighted by Crippen LogP contribution is -2.46. The first kappa shape index (κ1) is 22.6. The molecule has 2 fully saturated rings. The van der Waals surface area contributed by atoms with Crippen LogP contribution in [0.2, 0.25) is 0 Å². The molecule has 0 aromatic heterocycles. The lowest BCUT2D eigenvalue weighted by atomic mass is 9.85. The minimum absolute atomic E-state index is 0.137. The zero-order valence-corrected chi connectivity index (χ0v) is 19.6. The van der Waals surface area contributed by atoms with Crippen LogP contribution in [0.4, 0.5) is 17.1 Å². The number of non-ortho nitro benzene ring substituents is 1. The number of nitrogens with zero attached hydrogens (tertiary/aromatic N) is 4. The van der Waals surface area contributed by atoms with Crippen molar-refractivity contribution in [1.29, 1.82) is 0 Å². The summed E-state index contributed by atoms with van der Waals surface area (Å²) in [5, 5.41) is 20.2. The maximum Gasteiger partial charge on any atom is 0.269 e. The van der Waals surface area contributed by atoms with E-state index in [1.54, 1.807) is 42.4 Å². The van der Waals surface area contributed by atoms with Gasteiger partial charge in [-0.1, -0.05) is 42.5 Å². The van der Waals surface area contributed by atoms with E-state index in [0.717, 1.165) is 16.0 Å². The molecule has 3 amide bonds. The van der Waals surface area contributed by atoms with Gasteiger partial charge in [-0.25, -0.2) is 4.90 Å². The van der Waals surface area contributed by atoms with Crippen LogP contribution in [-0.2, 0) is 14.4 Å². The molecule has 0 spiro atoms. The second-order valence-electron chi connectivity index (χ2n) is 9.29. The predicted octanol–water partition coefficient (Wildman–Crippen LogP) is 3.42. The number of fused-ring (bicyclic) bond motifs is 5. The van der Waals surface area contributed by atoms with Gasteiger partial charge in [0.15, 0.2) is 0 Å². The second-order valence-corrected chi connectivity index (χ2v) is 9.29. The van der Waals surface area contributed by atoms with E-state index in [0.29, 0.717) is 11.3 Å². The Bertz CT molecular complexity index is 1500. The van der Waals surface area contributed by atoms with Gasteiger partial charge in [0, 0.05) is 17.8 Å². The zero-order chi connectivity index (χ0) is 25.8. The van der Waals surface area contributed by atoms with Gasteiger partial charge in [-0.3, -0.25) is 29.5 Å². The van der Waals surface area contributed by atoms with Crippen LogP contribution in [0, 0.1) is 28.9 Å². The number of aryl methyl sites for hydroxylation is 1. The minimum atomic E-state index is -1.03. The first-order valence-corrected chi connectivity index (χ1v) is 11.8. The first-order valence-electron chi connectivity index (χ1n) is 11.8. The van der Waals surface area contributed by atoms with E-state index >= 15 is 0 Å². The normalized spacial score (nSPS) is 23.5. The molecule has 10 heteroatoms. The molecular weight excluding hydrogens is 474 g/mol. The number of amides is 3. The topological polar surface area (TPSA) is 125 Å². The molecule has 0 radical (unpaired) electrons. The van der Waals surface area contributed by atoms with Crippen molar-refractivity contribution >= 4 is 41.0 Å². The molecule has 37 heavy (non-hydrogen) atoms. The van der Waals surface area contributed by atoms with Crippen molar-refractivity contribution in [3.8, 4) is 0 Å².